The standard InChI is InChI=1S/C29H34F4N6O4/c1-27(2,34)25(42)36-22(9-7-18-6-8-20(30)13-19(18)15-40)24(41)38-12-10-23-28(16-38,14-21-5-3-4-11-35-21)26(43)39(37-23)17-29(31,32)33/h3-6,8,11,13,22,40H,7,9-10,12,14-17,34H2,1-2H3,(H,36,42). The van der Waals surface area contributed by atoms with Crippen molar-refractivity contribution in [3.63, 3.8) is 0 Å². The predicted octanol–water partition coefficient (Wildman–Crippen LogP) is 2.09. The Morgan fingerprint density at radius 2 is 1.93 bits per heavy atom. The quantitative estimate of drug-likeness (QED) is 0.354. The lowest BCUT2D eigenvalue weighted by atomic mass is 9.74. The number of aliphatic hydroxyl groups excluding tert-OH is 1. The van der Waals surface area contributed by atoms with Crippen molar-refractivity contribution < 1.29 is 37.1 Å². The predicted molar refractivity (Wildman–Crippen MR) is 148 cm³/mol. The largest absolute Gasteiger partial charge is 0.408 e. The number of aliphatic hydroxyl groups is 1. The topological polar surface area (TPSA) is 141 Å². The van der Waals surface area contributed by atoms with E-state index in [9.17, 15) is 37.1 Å². The van der Waals surface area contributed by atoms with E-state index in [0.717, 1.165) is 0 Å². The SMILES string of the molecule is CC(C)(N)C(=O)NC(CCc1ccc(F)cc1CO)C(=O)N1CCC2=NN(CC(F)(F)F)C(=O)C2(Cc2ccccn2)C1. The van der Waals surface area contributed by atoms with Gasteiger partial charge < -0.3 is 21.1 Å². The molecule has 1 fully saturated rings. The first-order valence-corrected chi connectivity index (χ1v) is 13.8. The molecule has 3 amide bonds. The summed E-state index contributed by atoms with van der Waals surface area (Å²) in [6, 6.07) is 7.73. The molecule has 0 radical (unpaired) electrons. The number of carbonyl (C=O) groups excluding carboxylic acids is 3. The number of nitrogens with zero attached hydrogens (tertiary/aromatic N) is 4. The molecule has 4 N–H and O–H groups in total. The van der Waals surface area contributed by atoms with Gasteiger partial charge in [-0.15, -0.1) is 0 Å². The van der Waals surface area contributed by atoms with Crippen LogP contribution in [0.2, 0.25) is 0 Å². The van der Waals surface area contributed by atoms with Crippen molar-refractivity contribution in [1.82, 2.24) is 20.2 Å². The monoisotopic (exact) mass is 606 g/mol. The van der Waals surface area contributed by atoms with Crippen LogP contribution in [0.1, 0.15) is 43.5 Å². The fourth-order valence-corrected chi connectivity index (χ4v) is 5.37. The van der Waals surface area contributed by atoms with Crippen molar-refractivity contribution >= 4 is 23.4 Å². The van der Waals surface area contributed by atoms with Crippen molar-refractivity contribution in [2.24, 2.45) is 16.3 Å². The van der Waals surface area contributed by atoms with Crippen LogP contribution in [0.25, 0.3) is 0 Å². The summed E-state index contributed by atoms with van der Waals surface area (Å²) in [6.45, 7) is 0.700. The number of pyridine rings is 1. The Balaban J connectivity index is 1.63. The number of aryl methyl sites for hydroxylation is 1. The summed E-state index contributed by atoms with van der Waals surface area (Å²) in [5, 5.41) is 16.8. The van der Waals surface area contributed by atoms with Crippen LogP contribution in [0.5, 0.6) is 0 Å². The zero-order valence-electron chi connectivity index (χ0n) is 23.8. The van der Waals surface area contributed by atoms with Crippen LogP contribution in [-0.4, -0.2) is 80.8 Å². The molecule has 0 spiro atoms. The van der Waals surface area contributed by atoms with E-state index in [2.05, 4.69) is 15.4 Å². The summed E-state index contributed by atoms with van der Waals surface area (Å²) < 4.78 is 53.6. The molecule has 0 bridgehead atoms. The number of hydrazone groups is 1. The molecule has 1 saturated heterocycles. The molecule has 232 valence electrons. The highest BCUT2D eigenvalue weighted by molar-refractivity contribution is 6.13. The van der Waals surface area contributed by atoms with Gasteiger partial charge in [-0.05, 0) is 62.1 Å². The molecule has 1 aromatic carbocycles. The second-order valence-electron chi connectivity index (χ2n) is 11.5. The number of likely N-dealkylation sites (tertiary alicyclic amines) is 1. The lowest BCUT2D eigenvalue weighted by molar-refractivity contribution is -0.164. The molecule has 0 aliphatic carbocycles. The van der Waals surface area contributed by atoms with E-state index < -0.39 is 59.9 Å². The smallest absolute Gasteiger partial charge is 0.392 e. The van der Waals surface area contributed by atoms with Crippen molar-refractivity contribution in [2.75, 3.05) is 19.6 Å². The highest BCUT2D eigenvalue weighted by atomic mass is 19.4. The van der Waals surface area contributed by atoms with Crippen LogP contribution in [0.15, 0.2) is 47.7 Å². The normalized spacial score (nSPS) is 19.6. The van der Waals surface area contributed by atoms with Crippen molar-refractivity contribution in [2.45, 2.75) is 63.9 Å². The number of halogens is 4. The van der Waals surface area contributed by atoms with Gasteiger partial charge in [0.1, 0.15) is 23.8 Å². The molecule has 2 atom stereocenters. The molecule has 3 heterocycles. The van der Waals surface area contributed by atoms with E-state index in [4.69, 9.17) is 5.73 Å². The first kappa shape index (κ1) is 32.0. The number of nitrogens with two attached hydrogens (primary N) is 1. The van der Waals surface area contributed by atoms with Gasteiger partial charge in [-0.25, -0.2) is 9.40 Å². The zero-order valence-corrected chi connectivity index (χ0v) is 23.8. The van der Waals surface area contributed by atoms with Gasteiger partial charge in [0, 0.05) is 37.8 Å². The molecular weight excluding hydrogens is 572 g/mol. The van der Waals surface area contributed by atoms with Crippen LogP contribution in [-0.2, 0) is 33.8 Å². The molecule has 2 aliphatic rings. The summed E-state index contributed by atoms with van der Waals surface area (Å²) in [5.41, 5.74) is 4.61. The average Bonchev–Trinajstić information content (AvgIpc) is 3.19. The van der Waals surface area contributed by atoms with Gasteiger partial charge >= 0.3 is 6.18 Å². The van der Waals surface area contributed by atoms with Gasteiger partial charge in [-0.1, -0.05) is 12.1 Å². The van der Waals surface area contributed by atoms with Crippen molar-refractivity contribution in [1.29, 1.82) is 0 Å². The molecule has 2 aromatic rings. The number of hydrogen-bond donors (Lipinski definition) is 3. The number of carbonyl (C=O) groups is 3. The first-order valence-electron chi connectivity index (χ1n) is 13.8. The van der Waals surface area contributed by atoms with Crippen LogP contribution < -0.4 is 11.1 Å². The second kappa shape index (κ2) is 12.4. The third-order valence-electron chi connectivity index (χ3n) is 7.60. The Kier molecular flexibility index (Phi) is 9.21. The van der Waals surface area contributed by atoms with Gasteiger partial charge in [0.05, 0.1) is 17.9 Å². The van der Waals surface area contributed by atoms with Gasteiger partial charge in [0.25, 0.3) is 5.91 Å². The van der Waals surface area contributed by atoms with E-state index in [-0.39, 0.29) is 44.5 Å². The van der Waals surface area contributed by atoms with Gasteiger partial charge in [-0.3, -0.25) is 19.4 Å². The second-order valence-corrected chi connectivity index (χ2v) is 11.5. The molecule has 10 nitrogen and oxygen atoms in total. The van der Waals surface area contributed by atoms with Crippen LogP contribution >= 0.6 is 0 Å². The van der Waals surface area contributed by atoms with E-state index >= 15 is 0 Å². The zero-order chi connectivity index (χ0) is 31.6. The maximum atomic E-state index is 14.0. The Labute approximate surface area is 245 Å². The van der Waals surface area contributed by atoms with E-state index in [0.29, 0.717) is 21.8 Å². The number of rotatable bonds is 10. The van der Waals surface area contributed by atoms with E-state index in [1.165, 1.54) is 43.1 Å². The molecule has 2 aliphatic heterocycles. The minimum Gasteiger partial charge on any atom is -0.392 e. The number of hydrogen-bond acceptors (Lipinski definition) is 7. The van der Waals surface area contributed by atoms with Crippen molar-refractivity contribution in [3.8, 4) is 0 Å². The number of benzene rings is 1. The molecule has 43 heavy (non-hydrogen) atoms. The Morgan fingerprint density at radius 3 is 2.56 bits per heavy atom. The number of amides is 3. The molecule has 1 aromatic heterocycles. The number of alkyl halides is 3. The molecule has 2 unspecified atom stereocenters. The van der Waals surface area contributed by atoms with Crippen molar-refractivity contribution in [3.05, 3.63) is 65.2 Å². The summed E-state index contributed by atoms with van der Waals surface area (Å²) in [7, 11) is 0. The third kappa shape index (κ3) is 7.36. The fraction of sp³-hybridized carbons (Fsp3) is 0.483. The maximum absolute atomic E-state index is 14.0. The van der Waals surface area contributed by atoms with Crippen LogP contribution in [0.3, 0.4) is 0 Å². The Bertz CT molecular complexity index is 1400. The van der Waals surface area contributed by atoms with Crippen LogP contribution in [0, 0.1) is 11.2 Å². The summed E-state index contributed by atoms with van der Waals surface area (Å²) in [5.74, 6) is -2.61. The fourth-order valence-electron chi connectivity index (χ4n) is 5.37. The summed E-state index contributed by atoms with van der Waals surface area (Å²) in [4.78, 5) is 46.1. The number of aromatic nitrogens is 1. The first-order chi connectivity index (χ1) is 20.1. The third-order valence-corrected chi connectivity index (χ3v) is 7.60. The maximum Gasteiger partial charge on any atom is 0.408 e. The number of nitrogens with one attached hydrogen (secondary N) is 1. The molecular formula is C29H34F4N6O4. The lowest BCUT2D eigenvalue weighted by Gasteiger charge is -2.40. The minimum atomic E-state index is -4.69. The minimum absolute atomic E-state index is 0.0361. The Hall–Kier alpha value is -3.91. The summed E-state index contributed by atoms with van der Waals surface area (Å²) in [6.07, 6.45) is -3.01. The average molecular weight is 607 g/mol. The summed E-state index contributed by atoms with van der Waals surface area (Å²) >= 11 is 0. The van der Waals surface area contributed by atoms with Crippen LogP contribution in [0.4, 0.5) is 17.6 Å². The molecule has 14 heteroatoms. The van der Waals surface area contributed by atoms with Gasteiger partial charge in [0.15, 0.2) is 0 Å². The highest BCUT2D eigenvalue weighted by Gasteiger charge is 2.56. The van der Waals surface area contributed by atoms with Gasteiger partial charge in [-0.2, -0.15) is 18.3 Å². The highest BCUT2D eigenvalue weighted by Crippen LogP contribution is 2.39. The number of fused-ring (bicyclic) bond motifs is 1. The van der Waals surface area contributed by atoms with E-state index in [1.807, 2.05) is 0 Å². The lowest BCUT2D eigenvalue weighted by Crippen LogP contribution is -2.61. The van der Waals surface area contributed by atoms with E-state index in [1.54, 1.807) is 18.2 Å². The molecule has 0 saturated carbocycles. The number of piperidine rings is 1. The van der Waals surface area contributed by atoms with Gasteiger partial charge in [0.2, 0.25) is 11.8 Å². The molecule has 4 rings (SSSR count). The Morgan fingerprint density at radius 1 is 1.19 bits per heavy atom.